The first-order chi connectivity index (χ1) is 15.4. The summed E-state index contributed by atoms with van der Waals surface area (Å²) in [5.41, 5.74) is -0.653. The predicted molar refractivity (Wildman–Crippen MR) is 120 cm³/mol. The SMILES string of the molecule is CC(C)(C)NC(=O)C1CCN(Cc2cccc(NC(=O)c3cccnc3C(F)(F)F)c2)CC1. The van der Waals surface area contributed by atoms with Gasteiger partial charge in [0.05, 0.1) is 5.56 Å². The molecule has 1 aliphatic heterocycles. The van der Waals surface area contributed by atoms with Crippen LogP contribution in [0.5, 0.6) is 0 Å². The molecule has 6 nitrogen and oxygen atoms in total. The standard InChI is InChI=1S/C24H29F3N4O2/c1-23(2,3)30-21(32)17-9-12-31(13-10-17)15-16-6-4-7-18(14-16)29-22(33)19-8-5-11-28-20(19)24(25,26)27/h4-8,11,14,17H,9-10,12-13,15H2,1-3H3,(H,29,33)(H,30,32). The number of carbonyl (C=O) groups excluding carboxylic acids is 2. The van der Waals surface area contributed by atoms with Crippen molar-refractivity contribution in [2.45, 2.75) is 51.9 Å². The summed E-state index contributed by atoms with van der Waals surface area (Å²) in [6, 6.07) is 9.44. The van der Waals surface area contributed by atoms with Crippen LogP contribution in [0.3, 0.4) is 0 Å². The van der Waals surface area contributed by atoms with E-state index in [4.69, 9.17) is 0 Å². The van der Waals surface area contributed by atoms with Gasteiger partial charge in [-0.3, -0.25) is 19.5 Å². The Hall–Kier alpha value is -2.94. The fourth-order valence-corrected chi connectivity index (χ4v) is 3.84. The van der Waals surface area contributed by atoms with Crippen molar-refractivity contribution in [1.82, 2.24) is 15.2 Å². The molecular weight excluding hydrogens is 433 g/mol. The lowest BCUT2D eigenvalue weighted by atomic mass is 9.94. The van der Waals surface area contributed by atoms with E-state index in [0.717, 1.165) is 43.8 Å². The van der Waals surface area contributed by atoms with Crippen LogP contribution in [-0.4, -0.2) is 40.3 Å². The van der Waals surface area contributed by atoms with Crippen LogP contribution in [0.2, 0.25) is 0 Å². The zero-order valence-electron chi connectivity index (χ0n) is 19.0. The molecule has 1 aromatic carbocycles. The highest BCUT2D eigenvalue weighted by molar-refractivity contribution is 6.05. The van der Waals surface area contributed by atoms with Gasteiger partial charge in [0.1, 0.15) is 0 Å². The van der Waals surface area contributed by atoms with Crippen LogP contribution in [0.4, 0.5) is 18.9 Å². The second-order valence-electron chi connectivity index (χ2n) is 9.34. The third-order valence-corrected chi connectivity index (χ3v) is 5.37. The number of halogens is 3. The van der Waals surface area contributed by atoms with Crippen LogP contribution in [0.1, 0.15) is 55.2 Å². The Kier molecular flexibility index (Phi) is 7.41. The zero-order chi connectivity index (χ0) is 24.2. The van der Waals surface area contributed by atoms with E-state index in [1.54, 1.807) is 18.2 Å². The number of pyridine rings is 1. The Morgan fingerprint density at radius 1 is 1.09 bits per heavy atom. The van der Waals surface area contributed by atoms with Crippen molar-refractivity contribution in [3.63, 3.8) is 0 Å². The molecule has 0 bridgehead atoms. The molecule has 2 amide bonds. The fraction of sp³-hybridized carbons (Fsp3) is 0.458. The largest absolute Gasteiger partial charge is 0.434 e. The van der Waals surface area contributed by atoms with E-state index in [0.29, 0.717) is 12.2 Å². The van der Waals surface area contributed by atoms with Gasteiger partial charge in [0.2, 0.25) is 5.91 Å². The number of nitrogens with one attached hydrogen (secondary N) is 2. The average Bonchev–Trinajstić information content (AvgIpc) is 2.72. The maximum Gasteiger partial charge on any atom is 0.434 e. The summed E-state index contributed by atoms with van der Waals surface area (Å²) in [5, 5.41) is 5.57. The molecular formula is C24H29F3N4O2. The molecule has 178 valence electrons. The van der Waals surface area contributed by atoms with Gasteiger partial charge in [-0.1, -0.05) is 12.1 Å². The Morgan fingerprint density at radius 2 is 1.79 bits per heavy atom. The predicted octanol–water partition coefficient (Wildman–Crippen LogP) is 4.48. The molecule has 2 N–H and O–H groups in total. The van der Waals surface area contributed by atoms with Crippen molar-refractivity contribution < 1.29 is 22.8 Å². The number of hydrogen-bond donors (Lipinski definition) is 2. The molecule has 1 aliphatic rings. The highest BCUT2D eigenvalue weighted by Crippen LogP contribution is 2.30. The van der Waals surface area contributed by atoms with Gasteiger partial charge in [0, 0.05) is 29.9 Å². The molecule has 1 saturated heterocycles. The molecule has 0 unspecified atom stereocenters. The van der Waals surface area contributed by atoms with E-state index in [1.807, 2.05) is 26.8 Å². The van der Waals surface area contributed by atoms with Crippen molar-refractivity contribution in [2.24, 2.45) is 5.92 Å². The lowest BCUT2D eigenvalue weighted by Gasteiger charge is -2.33. The summed E-state index contributed by atoms with van der Waals surface area (Å²) < 4.78 is 39.5. The molecule has 0 atom stereocenters. The molecule has 2 aromatic rings. The number of likely N-dealkylation sites (tertiary alicyclic amines) is 1. The van der Waals surface area contributed by atoms with Crippen LogP contribution in [-0.2, 0) is 17.5 Å². The number of alkyl halides is 3. The van der Waals surface area contributed by atoms with Crippen molar-refractivity contribution >= 4 is 17.5 Å². The average molecular weight is 463 g/mol. The summed E-state index contributed by atoms with van der Waals surface area (Å²) in [7, 11) is 0. The summed E-state index contributed by atoms with van der Waals surface area (Å²) in [4.78, 5) is 30.4. The third kappa shape index (κ3) is 7.02. The number of hydrogen-bond acceptors (Lipinski definition) is 4. The quantitative estimate of drug-likeness (QED) is 0.687. The van der Waals surface area contributed by atoms with E-state index in [9.17, 15) is 22.8 Å². The van der Waals surface area contributed by atoms with Crippen molar-refractivity contribution in [3.05, 3.63) is 59.4 Å². The third-order valence-electron chi connectivity index (χ3n) is 5.37. The Balaban J connectivity index is 1.59. The van der Waals surface area contributed by atoms with Gasteiger partial charge in [0.15, 0.2) is 5.69 Å². The van der Waals surface area contributed by atoms with E-state index >= 15 is 0 Å². The Bertz CT molecular complexity index is 994. The number of benzene rings is 1. The maximum absolute atomic E-state index is 13.2. The van der Waals surface area contributed by atoms with Crippen molar-refractivity contribution in [1.29, 1.82) is 0 Å². The van der Waals surface area contributed by atoms with E-state index in [2.05, 4.69) is 20.5 Å². The molecule has 0 aliphatic carbocycles. The van der Waals surface area contributed by atoms with Crippen LogP contribution in [0.15, 0.2) is 42.6 Å². The minimum atomic E-state index is -4.72. The fourth-order valence-electron chi connectivity index (χ4n) is 3.84. The first-order valence-electron chi connectivity index (χ1n) is 10.9. The molecule has 9 heteroatoms. The molecule has 2 heterocycles. The monoisotopic (exact) mass is 462 g/mol. The van der Waals surface area contributed by atoms with Crippen LogP contribution >= 0.6 is 0 Å². The topological polar surface area (TPSA) is 74.3 Å². The summed E-state index contributed by atoms with van der Waals surface area (Å²) in [6.07, 6.45) is -2.18. The number of nitrogens with zero attached hydrogens (tertiary/aromatic N) is 2. The highest BCUT2D eigenvalue weighted by atomic mass is 19.4. The number of anilines is 1. The first kappa shape index (κ1) is 24.7. The lowest BCUT2D eigenvalue weighted by Crippen LogP contribution is -2.46. The molecule has 0 spiro atoms. The number of amides is 2. The lowest BCUT2D eigenvalue weighted by molar-refractivity contribution is -0.141. The number of carbonyl (C=O) groups is 2. The normalized spacial score (nSPS) is 15.8. The maximum atomic E-state index is 13.2. The molecule has 0 saturated carbocycles. The van der Waals surface area contributed by atoms with Gasteiger partial charge in [0.25, 0.3) is 5.91 Å². The zero-order valence-corrected chi connectivity index (χ0v) is 19.0. The second kappa shape index (κ2) is 9.91. The molecule has 3 rings (SSSR count). The van der Waals surface area contributed by atoms with Gasteiger partial charge in [-0.2, -0.15) is 13.2 Å². The van der Waals surface area contributed by atoms with Gasteiger partial charge in [-0.05, 0) is 76.5 Å². The first-order valence-corrected chi connectivity index (χ1v) is 10.9. The van der Waals surface area contributed by atoms with Gasteiger partial charge in [-0.15, -0.1) is 0 Å². The van der Waals surface area contributed by atoms with Gasteiger partial charge in [-0.25, -0.2) is 0 Å². The van der Waals surface area contributed by atoms with Crippen LogP contribution in [0.25, 0.3) is 0 Å². The molecule has 0 radical (unpaired) electrons. The number of piperidine rings is 1. The number of rotatable bonds is 5. The molecule has 1 fully saturated rings. The van der Waals surface area contributed by atoms with Crippen molar-refractivity contribution in [2.75, 3.05) is 18.4 Å². The summed E-state index contributed by atoms with van der Waals surface area (Å²) >= 11 is 0. The smallest absolute Gasteiger partial charge is 0.351 e. The van der Waals surface area contributed by atoms with Gasteiger partial charge < -0.3 is 10.6 Å². The summed E-state index contributed by atoms with van der Waals surface area (Å²) in [5.74, 6) is -0.785. The van der Waals surface area contributed by atoms with Gasteiger partial charge >= 0.3 is 6.18 Å². The van der Waals surface area contributed by atoms with E-state index in [1.165, 1.54) is 6.07 Å². The molecule has 33 heavy (non-hydrogen) atoms. The highest BCUT2D eigenvalue weighted by Gasteiger charge is 2.37. The Labute approximate surface area is 191 Å². The van der Waals surface area contributed by atoms with Crippen LogP contribution < -0.4 is 10.6 Å². The Morgan fingerprint density at radius 3 is 2.42 bits per heavy atom. The van der Waals surface area contributed by atoms with E-state index < -0.39 is 23.3 Å². The second-order valence-corrected chi connectivity index (χ2v) is 9.34. The number of aromatic nitrogens is 1. The van der Waals surface area contributed by atoms with Crippen molar-refractivity contribution in [3.8, 4) is 0 Å². The minimum absolute atomic E-state index is 0.00610. The summed E-state index contributed by atoms with van der Waals surface area (Å²) in [6.45, 7) is 8.04. The van der Waals surface area contributed by atoms with Crippen LogP contribution in [0, 0.1) is 5.92 Å². The van der Waals surface area contributed by atoms with E-state index in [-0.39, 0.29) is 17.4 Å². The molecule has 1 aromatic heterocycles. The minimum Gasteiger partial charge on any atom is -0.351 e.